The van der Waals surface area contributed by atoms with Gasteiger partial charge in [0.05, 0.1) is 13.2 Å². The molecule has 0 spiro atoms. The first-order valence-electron chi connectivity index (χ1n) is 7.28. The Hall–Kier alpha value is -1.18. The van der Waals surface area contributed by atoms with E-state index in [2.05, 4.69) is 10.3 Å². The van der Waals surface area contributed by atoms with Crippen molar-refractivity contribution in [2.45, 2.75) is 25.7 Å². The minimum Gasteiger partial charge on any atom is -0.490 e. The predicted molar refractivity (Wildman–Crippen MR) is 94.9 cm³/mol. The Morgan fingerprint density at radius 1 is 1.19 bits per heavy atom. The first-order chi connectivity index (χ1) is 9.81. The van der Waals surface area contributed by atoms with Gasteiger partial charge in [-0.15, -0.1) is 24.0 Å². The molecule has 116 valence electrons. The summed E-state index contributed by atoms with van der Waals surface area (Å²) < 4.78 is 11.2. The van der Waals surface area contributed by atoms with Crippen molar-refractivity contribution in [3.8, 4) is 11.5 Å². The fourth-order valence-corrected chi connectivity index (χ4v) is 2.33. The number of guanidine groups is 1. The topological polar surface area (TPSA) is 68.9 Å². The Kier molecular flexibility index (Phi) is 5.96. The van der Waals surface area contributed by atoms with Gasteiger partial charge in [0, 0.05) is 24.7 Å². The molecule has 3 rings (SSSR count). The van der Waals surface area contributed by atoms with Crippen molar-refractivity contribution in [1.82, 2.24) is 0 Å². The quantitative estimate of drug-likeness (QED) is 0.463. The Bertz CT molecular complexity index is 504. The van der Waals surface area contributed by atoms with Crippen LogP contribution in [0.15, 0.2) is 23.2 Å². The predicted octanol–water partition coefficient (Wildman–Crippen LogP) is 2.99. The molecule has 1 saturated carbocycles. The van der Waals surface area contributed by atoms with E-state index in [9.17, 15) is 0 Å². The number of hydrogen-bond acceptors (Lipinski definition) is 3. The van der Waals surface area contributed by atoms with Crippen molar-refractivity contribution in [2.24, 2.45) is 16.6 Å². The zero-order valence-corrected chi connectivity index (χ0v) is 14.3. The van der Waals surface area contributed by atoms with Crippen LogP contribution in [0.2, 0.25) is 0 Å². The standard InChI is InChI=1S/C15H21N3O2.HI/c16-15(17-10-11-3-1-4-11)18-12-5-6-13-14(9-12)20-8-2-7-19-13;/h5-6,9,11H,1-4,7-8,10H2,(H3,16,17,18);1H. The normalized spacial score (nSPS) is 18.2. The summed E-state index contributed by atoms with van der Waals surface area (Å²) in [6.45, 7) is 2.20. The number of aliphatic imine (C=N–C) groups is 1. The number of ether oxygens (including phenoxy) is 2. The maximum Gasteiger partial charge on any atom is 0.193 e. The molecule has 0 aromatic heterocycles. The number of halogens is 1. The van der Waals surface area contributed by atoms with Gasteiger partial charge in [0.1, 0.15) is 0 Å². The molecule has 1 fully saturated rings. The van der Waals surface area contributed by atoms with Gasteiger partial charge < -0.3 is 20.5 Å². The average molecular weight is 403 g/mol. The first kappa shape index (κ1) is 16.2. The maximum atomic E-state index is 5.91. The molecule has 1 aliphatic heterocycles. The first-order valence-corrected chi connectivity index (χ1v) is 7.28. The third-order valence-corrected chi connectivity index (χ3v) is 3.76. The summed E-state index contributed by atoms with van der Waals surface area (Å²) in [5.74, 6) is 2.74. The minimum atomic E-state index is 0. The van der Waals surface area contributed by atoms with Gasteiger partial charge in [-0.05, 0) is 30.9 Å². The molecule has 21 heavy (non-hydrogen) atoms. The van der Waals surface area contributed by atoms with E-state index in [1.165, 1.54) is 19.3 Å². The molecule has 6 heteroatoms. The number of anilines is 1. The molecule has 0 radical (unpaired) electrons. The van der Waals surface area contributed by atoms with Crippen LogP contribution in [-0.4, -0.2) is 25.7 Å². The summed E-state index contributed by atoms with van der Waals surface area (Å²) in [6.07, 6.45) is 4.79. The molecule has 3 N–H and O–H groups in total. The number of nitrogens with zero attached hydrogens (tertiary/aromatic N) is 1. The number of fused-ring (bicyclic) bond motifs is 1. The van der Waals surface area contributed by atoms with E-state index in [4.69, 9.17) is 15.2 Å². The lowest BCUT2D eigenvalue weighted by atomic mass is 9.86. The second-order valence-electron chi connectivity index (χ2n) is 5.36. The van der Waals surface area contributed by atoms with Crippen molar-refractivity contribution in [3.05, 3.63) is 18.2 Å². The molecule has 0 bridgehead atoms. The van der Waals surface area contributed by atoms with Gasteiger partial charge in [-0.25, -0.2) is 0 Å². The van der Waals surface area contributed by atoms with Crippen molar-refractivity contribution in [3.63, 3.8) is 0 Å². The molecule has 0 atom stereocenters. The van der Waals surface area contributed by atoms with Gasteiger partial charge in [-0.1, -0.05) is 6.42 Å². The summed E-state index contributed by atoms with van der Waals surface area (Å²) in [6, 6.07) is 5.74. The molecule has 2 aliphatic rings. The number of nitrogens with one attached hydrogen (secondary N) is 1. The lowest BCUT2D eigenvalue weighted by Gasteiger charge is -2.23. The highest BCUT2D eigenvalue weighted by Gasteiger charge is 2.16. The number of benzene rings is 1. The monoisotopic (exact) mass is 403 g/mol. The lowest BCUT2D eigenvalue weighted by molar-refractivity contribution is 0.297. The van der Waals surface area contributed by atoms with Crippen LogP contribution in [0.25, 0.3) is 0 Å². The van der Waals surface area contributed by atoms with Crippen molar-refractivity contribution < 1.29 is 9.47 Å². The van der Waals surface area contributed by atoms with Crippen LogP contribution in [0.5, 0.6) is 11.5 Å². The van der Waals surface area contributed by atoms with E-state index in [0.29, 0.717) is 19.2 Å². The molecule has 0 amide bonds. The third-order valence-electron chi connectivity index (χ3n) is 3.76. The SMILES string of the molecule is I.NC(=NCC1CCC1)Nc1ccc2c(c1)OCCCO2. The Morgan fingerprint density at radius 3 is 2.67 bits per heavy atom. The number of hydrogen-bond donors (Lipinski definition) is 2. The second-order valence-corrected chi connectivity index (χ2v) is 5.36. The van der Waals surface area contributed by atoms with Crippen LogP contribution in [0.4, 0.5) is 5.69 Å². The fourth-order valence-electron chi connectivity index (χ4n) is 2.33. The molecular weight excluding hydrogens is 381 g/mol. The average Bonchev–Trinajstić information content (AvgIpc) is 2.61. The van der Waals surface area contributed by atoms with Gasteiger partial charge in [-0.2, -0.15) is 0 Å². The highest BCUT2D eigenvalue weighted by atomic mass is 127. The lowest BCUT2D eigenvalue weighted by Crippen LogP contribution is -2.25. The number of nitrogens with two attached hydrogens (primary N) is 1. The summed E-state index contributed by atoms with van der Waals surface area (Å²) in [4.78, 5) is 4.38. The Morgan fingerprint density at radius 2 is 1.95 bits per heavy atom. The van der Waals surface area contributed by atoms with E-state index >= 15 is 0 Å². The molecule has 1 aliphatic carbocycles. The minimum absolute atomic E-state index is 0. The van der Waals surface area contributed by atoms with E-state index in [0.717, 1.165) is 36.1 Å². The largest absolute Gasteiger partial charge is 0.490 e. The van der Waals surface area contributed by atoms with Crippen LogP contribution >= 0.6 is 24.0 Å². The van der Waals surface area contributed by atoms with E-state index in [1.54, 1.807) is 0 Å². The smallest absolute Gasteiger partial charge is 0.193 e. The molecular formula is C15H22IN3O2. The molecule has 1 aromatic carbocycles. The van der Waals surface area contributed by atoms with Crippen molar-refractivity contribution >= 4 is 35.6 Å². The summed E-state index contributed by atoms with van der Waals surface area (Å²) >= 11 is 0. The Balaban J connectivity index is 0.00000161. The van der Waals surface area contributed by atoms with Crippen LogP contribution in [0.1, 0.15) is 25.7 Å². The second kappa shape index (κ2) is 7.72. The molecule has 0 unspecified atom stereocenters. The number of rotatable bonds is 3. The highest BCUT2D eigenvalue weighted by molar-refractivity contribution is 14.0. The van der Waals surface area contributed by atoms with E-state index in [1.807, 2.05) is 18.2 Å². The molecule has 1 aromatic rings. The van der Waals surface area contributed by atoms with Gasteiger partial charge >= 0.3 is 0 Å². The zero-order chi connectivity index (χ0) is 13.8. The molecule has 1 heterocycles. The van der Waals surface area contributed by atoms with E-state index < -0.39 is 0 Å². The summed E-state index contributed by atoms with van der Waals surface area (Å²) in [7, 11) is 0. The third kappa shape index (κ3) is 4.39. The maximum absolute atomic E-state index is 5.91. The fraction of sp³-hybridized carbons (Fsp3) is 0.533. The summed E-state index contributed by atoms with van der Waals surface area (Å²) in [5.41, 5.74) is 6.79. The Labute approximate surface area is 142 Å². The van der Waals surface area contributed by atoms with Crippen LogP contribution in [0, 0.1) is 5.92 Å². The van der Waals surface area contributed by atoms with Gasteiger partial charge in [0.15, 0.2) is 17.5 Å². The highest BCUT2D eigenvalue weighted by Crippen LogP contribution is 2.32. The van der Waals surface area contributed by atoms with Gasteiger partial charge in [0.2, 0.25) is 0 Å². The summed E-state index contributed by atoms with van der Waals surface area (Å²) in [5, 5.41) is 3.11. The molecule has 0 saturated heterocycles. The molecule has 5 nitrogen and oxygen atoms in total. The zero-order valence-electron chi connectivity index (χ0n) is 12.0. The van der Waals surface area contributed by atoms with E-state index in [-0.39, 0.29) is 24.0 Å². The van der Waals surface area contributed by atoms with Crippen molar-refractivity contribution in [2.75, 3.05) is 25.1 Å². The van der Waals surface area contributed by atoms with Crippen molar-refractivity contribution in [1.29, 1.82) is 0 Å². The van der Waals surface area contributed by atoms with Crippen LogP contribution in [-0.2, 0) is 0 Å². The van der Waals surface area contributed by atoms with Crippen LogP contribution < -0.4 is 20.5 Å². The van der Waals surface area contributed by atoms with Crippen LogP contribution in [0.3, 0.4) is 0 Å². The van der Waals surface area contributed by atoms with Gasteiger partial charge in [0.25, 0.3) is 0 Å². The van der Waals surface area contributed by atoms with Gasteiger partial charge in [-0.3, -0.25) is 4.99 Å².